The number of aromatic nitrogens is 1. The first-order valence-electron chi connectivity index (χ1n) is 5.36. The van der Waals surface area contributed by atoms with E-state index in [1.165, 1.54) is 12.3 Å². The van der Waals surface area contributed by atoms with Crippen LogP contribution in [-0.4, -0.2) is 28.4 Å². The van der Waals surface area contributed by atoms with Crippen molar-refractivity contribution in [1.82, 2.24) is 9.88 Å². The van der Waals surface area contributed by atoms with E-state index in [0.717, 1.165) is 12.8 Å². The molecule has 0 saturated heterocycles. The number of pyridine rings is 1. The molecule has 1 aromatic heterocycles. The molecule has 0 unspecified atom stereocenters. The summed E-state index contributed by atoms with van der Waals surface area (Å²) in [5.41, 5.74) is 0.403. The van der Waals surface area contributed by atoms with Crippen LogP contribution < -0.4 is 0 Å². The number of nitrogens with zero attached hydrogens (tertiary/aromatic N) is 2. The van der Waals surface area contributed by atoms with Crippen LogP contribution in [0.2, 0.25) is 10.2 Å². The zero-order chi connectivity index (χ0) is 12.4. The van der Waals surface area contributed by atoms with Crippen LogP contribution in [0.25, 0.3) is 0 Å². The second-order valence-electron chi connectivity index (χ2n) is 3.96. The van der Waals surface area contributed by atoms with Crippen LogP contribution in [0.1, 0.15) is 23.2 Å². The molecule has 2 rings (SSSR count). The molecule has 0 spiro atoms. The molecule has 17 heavy (non-hydrogen) atoms. The summed E-state index contributed by atoms with van der Waals surface area (Å²) < 4.78 is 0. The Morgan fingerprint density at radius 3 is 2.88 bits per heavy atom. The maximum absolute atomic E-state index is 12.3. The van der Waals surface area contributed by atoms with Crippen molar-refractivity contribution in [2.24, 2.45) is 0 Å². The highest BCUT2D eigenvalue weighted by molar-refractivity contribution is 6.35. The number of hydrogen-bond acceptors (Lipinski definition) is 2. The molecule has 0 aromatic carbocycles. The van der Waals surface area contributed by atoms with Crippen molar-refractivity contribution in [1.29, 1.82) is 0 Å². The van der Waals surface area contributed by atoms with Crippen LogP contribution in [0.4, 0.5) is 0 Å². The van der Waals surface area contributed by atoms with Crippen LogP contribution >= 0.6 is 23.2 Å². The Morgan fingerprint density at radius 2 is 2.29 bits per heavy atom. The van der Waals surface area contributed by atoms with Gasteiger partial charge in [0.15, 0.2) is 0 Å². The third kappa shape index (κ3) is 2.79. The molecule has 0 N–H and O–H groups in total. The highest BCUT2D eigenvalue weighted by Gasteiger charge is 2.33. The second kappa shape index (κ2) is 5.07. The van der Waals surface area contributed by atoms with Gasteiger partial charge < -0.3 is 4.90 Å². The number of hydrogen-bond donors (Lipinski definition) is 0. The largest absolute Gasteiger partial charge is 0.332 e. The van der Waals surface area contributed by atoms with Gasteiger partial charge in [-0.15, -0.1) is 6.58 Å². The predicted molar refractivity (Wildman–Crippen MR) is 68.5 cm³/mol. The Labute approximate surface area is 110 Å². The number of rotatable bonds is 4. The molecule has 1 saturated carbocycles. The molecule has 1 aliphatic carbocycles. The summed E-state index contributed by atoms with van der Waals surface area (Å²) in [5, 5.41) is 0.598. The van der Waals surface area contributed by atoms with Crippen LogP contribution in [0.5, 0.6) is 0 Å². The first kappa shape index (κ1) is 12.4. The quantitative estimate of drug-likeness (QED) is 0.622. The SMILES string of the molecule is C=CCN(C(=O)c1cc(Cl)ncc1Cl)C1CC1. The Hall–Kier alpha value is -1.06. The van der Waals surface area contributed by atoms with Crippen LogP contribution in [0.15, 0.2) is 24.9 Å². The van der Waals surface area contributed by atoms with Gasteiger partial charge in [0.1, 0.15) is 5.15 Å². The van der Waals surface area contributed by atoms with E-state index < -0.39 is 0 Å². The minimum atomic E-state index is -0.110. The van der Waals surface area contributed by atoms with Crippen LogP contribution in [-0.2, 0) is 0 Å². The smallest absolute Gasteiger partial charge is 0.256 e. The third-order valence-electron chi connectivity index (χ3n) is 2.63. The lowest BCUT2D eigenvalue weighted by Gasteiger charge is -2.21. The lowest BCUT2D eigenvalue weighted by atomic mass is 10.2. The Morgan fingerprint density at radius 1 is 1.59 bits per heavy atom. The number of carbonyl (C=O) groups is 1. The normalized spacial score (nSPS) is 14.5. The maximum Gasteiger partial charge on any atom is 0.256 e. The summed E-state index contributed by atoms with van der Waals surface area (Å²) in [4.78, 5) is 17.9. The van der Waals surface area contributed by atoms with Gasteiger partial charge in [-0.05, 0) is 18.9 Å². The van der Waals surface area contributed by atoms with E-state index in [0.29, 0.717) is 23.2 Å². The van der Waals surface area contributed by atoms with E-state index in [9.17, 15) is 4.79 Å². The van der Waals surface area contributed by atoms with Gasteiger partial charge in [-0.1, -0.05) is 29.3 Å². The summed E-state index contributed by atoms with van der Waals surface area (Å²) in [7, 11) is 0. The topological polar surface area (TPSA) is 33.2 Å². The Balaban J connectivity index is 2.27. The summed E-state index contributed by atoms with van der Waals surface area (Å²) >= 11 is 11.7. The van der Waals surface area contributed by atoms with E-state index in [-0.39, 0.29) is 11.1 Å². The minimum absolute atomic E-state index is 0.110. The van der Waals surface area contributed by atoms with Crippen molar-refractivity contribution in [2.45, 2.75) is 18.9 Å². The fourth-order valence-electron chi connectivity index (χ4n) is 1.65. The fraction of sp³-hybridized carbons (Fsp3) is 0.333. The van der Waals surface area contributed by atoms with E-state index in [1.54, 1.807) is 11.0 Å². The average molecular weight is 271 g/mol. The minimum Gasteiger partial charge on any atom is -0.332 e. The molecule has 1 heterocycles. The molecular formula is C12H12Cl2N2O. The van der Waals surface area contributed by atoms with Crippen molar-refractivity contribution < 1.29 is 4.79 Å². The van der Waals surface area contributed by atoms with Crippen LogP contribution in [0.3, 0.4) is 0 Å². The van der Waals surface area contributed by atoms with Crippen molar-refractivity contribution in [2.75, 3.05) is 6.54 Å². The first-order chi connectivity index (χ1) is 8.13. The van der Waals surface area contributed by atoms with Gasteiger partial charge in [0.25, 0.3) is 5.91 Å². The van der Waals surface area contributed by atoms with Crippen molar-refractivity contribution in [3.05, 3.63) is 40.7 Å². The summed E-state index contributed by atoms with van der Waals surface area (Å²) in [6.07, 6.45) is 5.19. The molecule has 3 nitrogen and oxygen atoms in total. The Bertz CT molecular complexity index is 458. The zero-order valence-electron chi connectivity index (χ0n) is 9.20. The molecule has 5 heteroatoms. The molecule has 0 aliphatic heterocycles. The standard InChI is InChI=1S/C12H12Cl2N2O/c1-2-5-16(8-3-4-8)12(17)9-6-11(14)15-7-10(9)13/h2,6-8H,1,3-5H2. The maximum atomic E-state index is 12.3. The van der Waals surface area contributed by atoms with Gasteiger partial charge in [0.2, 0.25) is 0 Å². The lowest BCUT2D eigenvalue weighted by molar-refractivity contribution is 0.0762. The van der Waals surface area contributed by atoms with Gasteiger partial charge in [0.05, 0.1) is 10.6 Å². The summed E-state index contributed by atoms with van der Waals surface area (Å²) in [6, 6.07) is 1.81. The number of amides is 1. The van der Waals surface area contributed by atoms with Gasteiger partial charge in [-0.2, -0.15) is 0 Å². The predicted octanol–water partition coefficient (Wildman–Crippen LogP) is 3.18. The van der Waals surface area contributed by atoms with Gasteiger partial charge >= 0.3 is 0 Å². The van der Waals surface area contributed by atoms with Gasteiger partial charge in [-0.25, -0.2) is 4.98 Å². The second-order valence-corrected chi connectivity index (χ2v) is 4.76. The fourth-order valence-corrected chi connectivity index (χ4v) is 2.00. The van der Waals surface area contributed by atoms with Gasteiger partial charge in [-0.3, -0.25) is 4.79 Å². The summed E-state index contributed by atoms with van der Waals surface area (Å²) in [6.45, 7) is 4.19. The highest BCUT2D eigenvalue weighted by Crippen LogP contribution is 2.30. The molecule has 1 amide bonds. The molecular weight excluding hydrogens is 259 g/mol. The monoisotopic (exact) mass is 270 g/mol. The van der Waals surface area contributed by atoms with E-state index in [2.05, 4.69) is 11.6 Å². The number of carbonyl (C=O) groups excluding carboxylic acids is 1. The summed E-state index contributed by atoms with van der Waals surface area (Å²) in [5.74, 6) is -0.110. The zero-order valence-corrected chi connectivity index (χ0v) is 10.7. The lowest BCUT2D eigenvalue weighted by Crippen LogP contribution is -2.33. The van der Waals surface area contributed by atoms with Crippen molar-refractivity contribution in [3.63, 3.8) is 0 Å². The van der Waals surface area contributed by atoms with Crippen molar-refractivity contribution in [3.8, 4) is 0 Å². The molecule has 0 bridgehead atoms. The molecule has 1 aliphatic rings. The van der Waals surface area contributed by atoms with Crippen molar-refractivity contribution >= 4 is 29.1 Å². The van der Waals surface area contributed by atoms with Gasteiger partial charge in [0, 0.05) is 18.8 Å². The molecule has 0 radical (unpaired) electrons. The molecule has 1 fully saturated rings. The third-order valence-corrected chi connectivity index (χ3v) is 3.13. The Kier molecular flexibility index (Phi) is 3.69. The number of halogens is 2. The van der Waals surface area contributed by atoms with Crippen LogP contribution in [0, 0.1) is 0 Å². The highest BCUT2D eigenvalue weighted by atomic mass is 35.5. The molecule has 0 atom stereocenters. The average Bonchev–Trinajstić information content (AvgIpc) is 3.12. The van der Waals surface area contributed by atoms with E-state index in [1.807, 2.05) is 0 Å². The molecule has 90 valence electrons. The molecule has 1 aromatic rings. The van der Waals surface area contributed by atoms with E-state index >= 15 is 0 Å². The first-order valence-corrected chi connectivity index (χ1v) is 6.12. The van der Waals surface area contributed by atoms with E-state index in [4.69, 9.17) is 23.2 Å².